The number of imidazole rings is 1. The van der Waals surface area contributed by atoms with E-state index in [1.165, 1.54) is 0 Å². The summed E-state index contributed by atoms with van der Waals surface area (Å²) in [5.41, 5.74) is 3.31. The number of rotatable bonds is 7. The van der Waals surface area contributed by atoms with Gasteiger partial charge in [0.05, 0.1) is 23.3 Å². The molecule has 6 nitrogen and oxygen atoms in total. The van der Waals surface area contributed by atoms with E-state index >= 15 is 0 Å². The zero-order valence-electron chi connectivity index (χ0n) is 16.0. The van der Waals surface area contributed by atoms with Gasteiger partial charge in [-0.15, -0.1) is 0 Å². The molecule has 0 spiro atoms. The van der Waals surface area contributed by atoms with E-state index in [4.69, 9.17) is 9.47 Å². The number of carbonyl (C=O) groups excluding carboxylic acids is 1. The Morgan fingerprint density at radius 2 is 1.62 bits per heavy atom. The van der Waals surface area contributed by atoms with Gasteiger partial charge in [-0.1, -0.05) is 24.3 Å². The van der Waals surface area contributed by atoms with Gasteiger partial charge in [-0.3, -0.25) is 4.79 Å². The number of benzene rings is 3. The summed E-state index contributed by atoms with van der Waals surface area (Å²) in [6.07, 6.45) is 0. The summed E-state index contributed by atoms with van der Waals surface area (Å²) in [6, 6.07) is 22.5. The van der Waals surface area contributed by atoms with Crippen LogP contribution in [0.15, 0.2) is 72.8 Å². The van der Waals surface area contributed by atoms with Crippen molar-refractivity contribution in [2.24, 2.45) is 0 Å². The van der Waals surface area contributed by atoms with E-state index in [1.54, 1.807) is 12.1 Å². The first-order valence-electron chi connectivity index (χ1n) is 9.42. The molecule has 29 heavy (non-hydrogen) atoms. The second-order valence-electron chi connectivity index (χ2n) is 6.39. The maximum absolute atomic E-state index is 12.4. The van der Waals surface area contributed by atoms with Crippen molar-refractivity contribution < 1.29 is 14.3 Å². The molecular formula is C23H21N3O3. The standard InChI is InChI=1S/C23H21N3O3/c1-2-28-16-11-13-17(14-12-16)29-15-22(27)24-19-8-4-3-7-18(19)23-25-20-9-5-6-10-21(20)26-23/h3-14H,2,15H2,1H3,(H,24,27)(H,25,26). The molecule has 3 aromatic carbocycles. The van der Waals surface area contributed by atoms with Gasteiger partial charge in [0.1, 0.15) is 17.3 Å². The largest absolute Gasteiger partial charge is 0.494 e. The summed E-state index contributed by atoms with van der Waals surface area (Å²) in [7, 11) is 0. The average Bonchev–Trinajstić information content (AvgIpc) is 3.18. The minimum Gasteiger partial charge on any atom is -0.494 e. The summed E-state index contributed by atoms with van der Waals surface area (Å²) in [6.45, 7) is 2.44. The van der Waals surface area contributed by atoms with Crippen molar-refractivity contribution in [2.75, 3.05) is 18.5 Å². The lowest BCUT2D eigenvalue weighted by molar-refractivity contribution is -0.118. The van der Waals surface area contributed by atoms with Gasteiger partial charge in [0, 0.05) is 5.56 Å². The Labute approximate surface area is 168 Å². The fraction of sp³-hybridized carbons (Fsp3) is 0.130. The zero-order valence-corrected chi connectivity index (χ0v) is 16.0. The number of aromatic amines is 1. The fourth-order valence-electron chi connectivity index (χ4n) is 3.01. The van der Waals surface area contributed by atoms with Crippen LogP contribution >= 0.6 is 0 Å². The molecule has 0 aliphatic heterocycles. The maximum Gasteiger partial charge on any atom is 0.262 e. The predicted octanol–water partition coefficient (Wildman–Crippen LogP) is 4.65. The zero-order chi connectivity index (χ0) is 20.1. The Kier molecular flexibility index (Phi) is 5.42. The van der Waals surface area contributed by atoms with Crippen LogP contribution in [0.4, 0.5) is 5.69 Å². The Morgan fingerprint density at radius 1 is 0.931 bits per heavy atom. The molecule has 0 bridgehead atoms. The molecule has 0 aliphatic rings. The van der Waals surface area contributed by atoms with Crippen molar-refractivity contribution in [3.8, 4) is 22.9 Å². The molecule has 0 saturated heterocycles. The Morgan fingerprint density at radius 3 is 2.38 bits per heavy atom. The number of ether oxygens (including phenoxy) is 2. The molecular weight excluding hydrogens is 366 g/mol. The Hall–Kier alpha value is -3.80. The molecule has 2 N–H and O–H groups in total. The number of hydrogen-bond donors (Lipinski definition) is 2. The second kappa shape index (κ2) is 8.48. The Balaban J connectivity index is 1.44. The first kappa shape index (κ1) is 18.6. The van der Waals surface area contributed by atoms with Crippen molar-refractivity contribution in [3.63, 3.8) is 0 Å². The summed E-state index contributed by atoms with van der Waals surface area (Å²) in [5, 5.41) is 2.91. The molecule has 4 aromatic rings. The van der Waals surface area contributed by atoms with Gasteiger partial charge in [0.2, 0.25) is 0 Å². The van der Waals surface area contributed by atoms with Crippen molar-refractivity contribution in [3.05, 3.63) is 72.8 Å². The van der Waals surface area contributed by atoms with E-state index in [9.17, 15) is 4.79 Å². The first-order valence-corrected chi connectivity index (χ1v) is 9.42. The number of fused-ring (bicyclic) bond motifs is 1. The molecule has 1 amide bonds. The second-order valence-corrected chi connectivity index (χ2v) is 6.39. The monoisotopic (exact) mass is 387 g/mol. The fourth-order valence-corrected chi connectivity index (χ4v) is 3.01. The molecule has 0 aliphatic carbocycles. The van der Waals surface area contributed by atoms with E-state index in [0.717, 1.165) is 22.3 Å². The van der Waals surface area contributed by atoms with Crippen LogP contribution in [-0.2, 0) is 4.79 Å². The SMILES string of the molecule is CCOc1ccc(OCC(=O)Nc2ccccc2-c2nc3ccccc3[nH]2)cc1. The van der Waals surface area contributed by atoms with Crippen LogP contribution in [0.2, 0.25) is 0 Å². The van der Waals surface area contributed by atoms with Gasteiger partial charge in [0.25, 0.3) is 5.91 Å². The van der Waals surface area contributed by atoms with Gasteiger partial charge in [-0.25, -0.2) is 4.98 Å². The maximum atomic E-state index is 12.4. The van der Waals surface area contributed by atoms with Gasteiger partial charge < -0.3 is 19.8 Å². The molecule has 0 unspecified atom stereocenters. The van der Waals surface area contributed by atoms with Crippen molar-refractivity contribution in [1.29, 1.82) is 0 Å². The number of nitrogens with zero attached hydrogens (tertiary/aromatic N) is 1. The normalized spacial score (nSPS) is 10.7. The van der Waals surface area contributed by atoms with Gasteiger partial charge in [-0.05, 0) is 55.5 Å². The third-order valence-corrected chi connectivity index (χ3v) is 4.35. The van der Waals surface area contributed by atoms with Crippen LogP contribution in [0.3, 0.4) is 0 Å². The Bertz CT molecular complexity index is 1090. The van der Waals surface area contributed by atoms with Crippen molar-refractivity contribution in [1.82, 2.24) is 9.97 Å². The quantitative estimate of drug-likeness (QED) is 0.484. The predicted molar refractivity (Wildman–Crippen MR) is 113 cm³/mol. The van der Waals surface area contributed by atoms with E-state index in [2.05, 4.69) is 15.3 Å². The highest BCUT2D eigenvalue weighted by molar-refractivity contribution is 5.96. The van der Waals surface area contributed by atoms with E-state index in [0.29, 0.717) is 23.9 Å². The highest BCUT2D eigenvalue weighted by Crippen LogP contribution is 2.27. The summed E-state index contributed by atoms with van der Waals surface area (Å²) < 4.78 is 11.0. The molecule has 6 heteroatoms. The number of anilines is 1. The molecule has 0 atom stereocenters. The van der Waals surface area contributed by atoms with Crippen LogP contribution < -0.4 is 14.8 Å². The van der Waals surface area contributed by atoms with Gasteiger partial charge >= 0.3 is 0 Å². The molecule has 0 saturated carbocycles. The first-order chi connectivity index (χ1) is 14.2. The number of aromatic nitrogens is 2. The van der Waals surface area contributed by atoms with Gasteiger partial charge in [0.15, 0.2) is 6.61 Å². The number of nitrogens with one attached hydrogen (secondary N) is 2. The number of amides is 1. The van der Waals surface area contributed by atoms with E-state index in [1.807, 2.05) is 67.6 Å². The highest BCUT2D eigenvalue weighted by atomic mass is 16.5. The summed E-state index contributed by atoms with van der Waals surface area (Å²) in [5.74, 6) is 1.83. The van der Waals surface area contributed by atoms with Crippen LogP contribution in [0, 0.1) is 0 Å². The minimum absolute atomic E-state index is 0.0948. The van der Waals surface area contributed by atoms with Crippen molar-refractivity contribution >= 4 is 22.6 Å². The summed E-state index contributed by atoms with van der Waals surface area (Å²) >= 11 is 0. The summed E-state index contributed by atoms with van der Waals surface area (Å²) in [4.78, 5) is 20.3. The molecule has 1 aromatic heterocycles. The van der Waals surface area contributed by atoms with E-state index in [-0.39, 0.29) is 12.5 Å². The number of carbonyl (C=O) groups is 1. The van der Waals surface area contributed by atoms with Crippen LogP contribution in [-0.4, -0.2) is 29.1 Å². The molecule has 0 radical (unpaired) electrons. The third kappa shape index (κ3) is 4.38. The van der Waals surface area contributed by atoms with Gasteiger partial charge in [-0.2, -0.15) is 0 Å². The number of H-pyrrole nitrogens is 1. The average molecular weight is 387 g/mol. The van der Waals surface area contributed by atoms with Crippen LogP contribution in [0.25, 0.3) is 22.4 Å². The lowest BCUT2D eigenvalue weighted by Gasteiger charge is -2.11. The third-order valence-electron chi connectivity index (χ3n) is 4.35. The smallest absolute Gasteiger partial charge is 0.262 e. The molecule has 4 rings (SSSR count). The van der Waals surface area contributed by atoms with E-state index < -0.39 is 0 Å². The highest BCUT2D eigenvalue weighted by Gasteiger charge is 2.12. The molecule has 146 valence electrons. The molecule has 1 heterocycles. The van der Waals surface area contributed by atoms with Crippen LogP contribution in [0.5, 0.6) is 11.5 Å². The minimum atomic E-state index is -0.248. The number of para-hydroxylation sites is 3. The lowest BCUT2D eigenvalue weighted by atomic mass is 10.1. The van der Waals surface area contributed by atoms with Crippen molar-refractivity contribution in [2.45, 2.75) is 6.92 Å². The topological polar surface area (TPSA) is 76.2 Å². The molecule has 0 fully saturated rings. The number of hydrogen-bond acceptors (Lipinski definition) is 4. The van der Waals surface area contributed by atoms with Crippen LogP contribution in [0.1, 0.15) is 6.92 Å². The lowest BCUT2D eigenvalue weighted by Crippen LogP contribution is -2.20.